The maximum Gasteiger partial charge on any atom is 0.141 e. The SMILES string of the molecule is CN1C[C@@H]2CC3=C[C@H](C(=O)CC3)[C@@H]3C=C(CCC3=O)C[C@H]1CN2. The Morgan fingerprint density at radius 1 is 0.957 bits per heavy atom. The molecule has 5 rings (SSSR count). The standard InChI is InChI=1S/C19H26N2O2/c1-21-11-14-6-12-2-4-18(22)16(8-12)17-9-13(3-5-19(17)23)7-15(21)10-20-14/h8-9,14-17,20H,2-7,10-11H2,1H3/t14-,15-,16-,17-/m0/s1. The van der Waals surface area contributed by atoms with Crippen LogP contribution in [0.5, 0.6) is 0 Å². The molecule has 1 N–H and O–H groups in total. The lowest BCUT2D eigenvalue weighted by Gasteiger charge is -2.41. The van der Waals surface area contributed by atoms with Crippen LogP contribution in [-0.4, -0.2) is 48.7 Å². The van der Waals surface area contributed by atoms with Crippen molar-refractivity contribution in [3.63, 3.8) is 0 Å². The van der Waals surface area contributed by atoms with Gasteiger partial charge in [0.1, 0.15) is 11.6 Å². The van der Waals surface area contributed by atoms with Crippen molar-refractivity contribution < 1.29 is 9.59 Å². The van der Waals surface area contributed by atoms with Gasteiger partial charge in [0, 0.05) is 49.9 Å². The minimum Gasteiger partial charge on any atom is -0.311 e. The van der Waals surface area contributed by atoms with Crippen LogP contribution in [0.2, 0.25) is 0 Å². The number of nitrogens with zero attached hydrogens (tertiary/aromatic N) is 1. The van der Waals surface area contributed by atoms with Gasteiger partial charge in [-0.15, -0.1) is 0 Å². The summed E-state index contributed by atoms with van der Waals surface area (Å²) in [5, 5.41) is 3.70. The Hall–Kier alpha value is -1.26. The molecule has 0 unspecified atom stereocenters. The third kappa shape index (κ3) is 2.94. The third-order valence-electron chi connectivity index (χ3n) is 6.13. The molecule has 1 saturated heterocycles. The Kier molecular flexibility index (Phi) is 3.98. The smallest absolute Gasteiger partial charge is 0.141 e. The molecule has 3 heterocycles. The third-order valence-corrected chi connectivity index (χ3v) is 6.13. The van der Waals surface area contributed by atoms with Crippen LogP contribution in [0.15, 0.2) is 23.3 Å². The van der Waals surface area contributed by atoms with Crippen molar-refractivity contribution >= 4 is 11.6 Å². The number of likely N-dealkylation sites (N-methyl/N-ethyl adjacent to an activating group) is 1. The Bertz CT molecular complexity index is 592. The molecule has 0 amide bonds. The molecule has 4 heteroatoms. The first-order valence-electron chi connectivity index (χ1n) is 8.98. The lowest BCUT2D eigenvalue weighted by Crippen LogP contribution is -2.55. The number of hydrogen-bond acceptors (Lipinski definition) is 4. The van der Waals surface area contributed by atoms with Crippen LogP contribution in [0.25, 0.3) is 0 Å². The first kappa shape index (κ1) is 15.3. The van der Waals surface area contributed by atoms with Crippen LogP contribution >= 0.6 is 0 Å². The summed E-state index contributed by atoms with van der Waals surface area (Å²) in [5.74, 6) is 0.130. The number of Topliss-reactive ketones (excluding diaryl/α,β-unsaturated/α-hetero) is 2. The van der Waals surface area contributed by atoms with Gasteiger partial charge in [-0.1, -0.05) is 23.3 Å². The number of carbonyl (C=O) groups excluding carboxylic acids is 2. The van der Waals surface area contributed by atoms with Crippen LogP contribution in [0.3, 0.4) is 0 Å². The second kappa shape index (κ2) is 5.99. The molecule has 0 radical (unpaired) electrons. The van der Waals surface area contributed by atoms with Gasteiger partial charge in [-0.05, 0) is 32.7 Å². The van der Waals surface area contributed by atoms with Crippen molar-refractivity contribution in [1.29, 1.82) is 0 Å². The number of piperazine rings is 1. The van der Waals surface area contributed by atoms with E-state index in [-0.39, 0.29) is 23.4 Å². The van der Waals surface area contributed by atoms with E-state index in [1.807, 2.05) is 0 Å². The second-order valence-corrected chi connectivity index (χ2v) is 7.74. The Balaban J connectivity index is 1.73. The topological polar surface area (TPSA) is 49.4 Å². The monoisotopic (exact) mass is 314 g/mol. The minimum atomic E-state index is -0.197. The molecule has 124 valence electrons. The molecule has 0 spiro atoms. The van der Waals surface area contributed by atoms with Gasteiger partial charge < -0.3 is 10.2 Å². The Morgan fingerprint density at radius 3 is 2.17 bits per heavy atom. The van der Waals surface area contributed by atoms with E-state index in [9.17, 15) is 9.59 Å². The average molecular weight is 314 g/mol. The molecule has 23 heavy (non-hydrogen) atoms. The lowest BCUT2D eigenvalue weighted by atomic mass is 9.73. The highest BCUT2D eigenvalue weighted by Gasteiger charge is 2.37. The predicted octanol–water partition coefficient (Wildman–Crippen LogP) is 1.86. The molecule has 0 aromatic heterocycles. The number of carbonyl (C=O) groups is 2. The van der Waals surface area contributed by atoms with E-state index in [0.29, 0.717) is 24.9 Å². The zero-order chi connectivity index (χ0) is 16.0. The molecule has 0 saturated carbocycles. The highest BCUT2D eigenvalue weighted by Crippen LogP contribution is 2.36. The molecule has 5 aliphatic rings. The molecular formula is C19H26N2O2. The number of allylic oxidation sites excluding steroid dienone is 2. The number of ketones is 2. The van der Waals surface area contributed by atoms with Gasteiger partial charge in [0.15, 0.2) is 0 Å². The molecule has 1 fully saturated rings. The first-order chi connectivity index (χ1) is 11.1. The van der Waals surface area contributed by atoms with Crippen molar-refractivity contribution in [1.82, 2.24) is 10.2 Å². The van der Waals surface area contributed by atoms with Crippen LogP contribution in [0.1, 0.15) is 38.5 Å². The quantitative estimate of drug-likeness (QED) is 0.694. The largest absolute Gasteiger partial charge is 0.311 e. The highest BCUT2D eigenvalue weighted by molar-refractivity contribution is 5.93. The van der Waals surface area contributed by atoms with E-state index in [1.54, 1.807) is 0 Å². The summed E-state index contributed by atoms with van der Waals surface area (Å²) in [5.41, 5.74) is 2.74. The molecule has 0 aromatic carbocycles. The van der Waals surface area contributed by atoms with Crippen LogP contribution in [0.4, 0.5) is 0 Å². The zero-order valence-corrected chi connectivity index (χ0v) is 13.9. The van der Waals surface area contributed by atoms with E-state index in [0.717, 1.165) is 38.8 Å². The fourth-order valence-electron chi connectivity index (χ4n) is 4.71. The molecular weight excluding hydrogens is 288 g/mol. The van der Waals surface area contributed by atoms with Gasteiger partial charge in [-0.3, -0.25) is 9.59 Å². The van der Waals surface area contributed by atoms with E-state index in [2.05, 4.69) is 29.4 Å². The van der Waals surface area contributed by atoms with E-state index >= 15 is 0 Å². The van der Waals surface area contributed by atoms with Gasteiger partial charge in [0.2, 0.25) is 0 Å². The zero-order valence-electron chi connectivity index (χ0n) is 13.9. The highest BCUT2D eigenvalue weighted by atomic mass is 16.1. The number of hydrogen-bond donors (Lipinski definition) is 1. The first-order valence-corrected chi connectivity index (χ1v) is 8.98. The number of rotatable bonds is 0. The maximum atomic E-state index is 12.4. The minimum absolute atomic E-state index is 0.197. The van der Waals surface area contributed by atoms with E-state index in [1.165, 1.54) is 11.1 Å². The lowest BCUT2D eigenvalue weighted by molar-refractivity contribution is -0.130. The summed E-state index contributed by atoms with van der Waals surface area (Å²) >= 11 is 0. The predicted molar refractivity (Wildman–Crippen MR) is 89.1 cm³/mol. The van der Waals surface area contributed by atoms with Crippen LogP contribution < -0.4 is 5.32 Å². The molecule has 4 atom stereocenters. The van der Waals surface area contributed by atoms with Crippen LogP contribution in [-0.2, 0) is 9.59 Å². The molecule has 3 aliphatic heterocycles. The molecule has 2 aliphatic carbocycles. The van der Waals surface area contributed by atoms with Crippen molar-refractivity contribution in [3.05, 3.63) is 23.3 Å². The van der Waals surface area contributed by atoms with E-state index in [4.69, 9.17) is 0 Å². The number of fused-ring (bicyclic) bond motifs is 2. The van der Waals surface area contributed by atoms with Gasteiger partial charge in [0.05, 0.1) is 0 Å². The van der Waals surface area contributed by atoms with Crippen molar-refractivity contribution in [2.45, 2.75) is 50.6 Å². The summed E-state index contributed by atoms with van der Waals surface area (Å²) in [6.45, 7) is 2.09. The van der Waals surface area contributed by atoms with Gasteiger partial charge in [-0.25, -0.2) is 0 Å². The normalized spacial score (nSPS) is 38.5. The van der Waals surface area contributed by atoms with E-state index < -0.39 is 0 Å². The average Bonchev–Trinajstić information content (AvgIpc) is 2.53. The second-order valence-electron chi connectivity index (χ2n) is 7.74. The molecule has 6 bridgehead atoms. The summed E-state index contributed by atoms with van der Waals surface area (Å²) in [4.78, 5) is 27.3. The molecule has 0 aromatic rings. The summed E-state index contributed by atoms with van der Waals surface area (Å²) < 4.78 is 0. The van der Waals surface area contributed by atoms with Crippen molar-refractivity contribution in [2.24, 2.45) is 11.8 Å². The van der Waals surface area contributed by atoms with Crippen molar-refractivity contribution in [2.75, 3.05) is 20.1 Å². The number of nitrogens with one attached hydrogen (secondary N) is 1. The van der Waals surface area contributed by atoms with Crippen LogP contribution in [0, 0.1) is 11.8 Å². The van der Waals surface area contributed by atoms with Gasteiger partial charge in [-0.2, -0.15) is 0 Å². The van der Waals surface area contributed by atoms with Gasteiger partial charge in [0.25, 0.3) is 0 Å². The maximum absolute atomic E-state index is 12.4. The fraction of sp³-hybridized carbons (Fsp3) is 0.684. The van der Waals surface area contributed by atoms with Gasteiger partial charge >= 0.3 is 0 Å². The fourth-order valence-corrected chi connectivity index (χ4v) is 4.71. The summed E-state index contributed by atoms with van der Waals surface area (Å²) in [7, 11) is 2.22. The summed E-state index contributed by atoms with van der Waals surface area (Å²) in [6, 6.07) is 0.982. The molecule has 4 nitrogen and oxygen atoms in total. The summed E-state index contributed by atoms with van der Waals surface area (Å²) in [6.07, 6.45) is 9.29. The Labute approximate surface area is 138 Å². The van der Waals surface area contributed by atoms with Crippen molar-refractivity contribution in [3.8, 4) is 0 Å². The Morgan fingerprint density at radius 2 is 1.57 bits per heavy atom.